The van der Waals surface area contributed by atoms with Crippen molar-refractivity contribution < 1.29 is 14.1 Å². The smallest absolute Gasteiger partial charge is 0.399 e. The third kappa shape index (κ3) is 3.52. The van der Waals surface area contributed by atoms with Crippen molar-refractivity contribution in [3.05, 3.63) is 52.8 Å². The Morgan fingerprint density at radius 1 is 1.17 bits per heavy atom. The normalized spacial score (nSPS) is 21.4. The second-order valence-corrected chi connectivity index (χ2v) is 9.36. The molecule has 154 valence electrons. The molecule has 2 aliphatic heterocycles. The first-order chi connectivity index (χ1) is 13.6. The van der Waals surface area contributed by atoms with Gasteiger partial charge in [-0.1, -0.05) is 30.7 Å². The van der Waals surface area contributed by atoms with Crippen molar-refractivity contribution in [3.63, 3.8) is 0 Å². The van der Waals surface area contributed by atoms with E-state index in [-0.39, 0.29) is 12.1 Å². The van der Waals surface area contributed by atoms with E-state index in [0.717, 1.165) is 29.6 Å². The van der Waals surface area contributed by atoms with Gasteiger partial charge in [0, 0.05) is 35.3 Å². The lowest BCUT2D eigenvalue weighted by molar-refractivity contribution is 0.00578. The SMILES string of the molecule is CC[C@H](c1cccc(Cl)c1)N1CCc2cc(B3OC(C)(C)C(C)(C)O3)cn2C1=O. The van der Waals surface area contributed by atoms with Crippen molar-refractivity contribution >= 4 is 30.2 Å². The lowest BCUT2D eigenvalue weighted by Crippen LogP contribution is -2.43. The maximum Gasteiger partial charge on any atom is 0.496 e. The average Bonchev–Trinajstić information content (AvgIpc) is 3.17. The van der Waals surface area contributed by atoms with E-state index >= 15 is 0 Å². The highest BCUT2D eigenvalue weighted by molar-refractivity contribution is 6.62. The molecule has 0 unspecified atom stereocenters. The summed E-state index contributed by atoms with van der Waals surface area (Å²) < 4.78 is 14.1. The van der Waals surface area contributed by atoms with Crippen LogP contribution in [0.2, 0.25) is 5.02 Å². The molecule has 1 amide bonds. The van der Waals surface area contributed by atoms with Crippen LogP contribution in [-0.4, -0.2) is 40.4 Å². The van der Waals surface area contributed by atoms with Crippen LogP contribution < -0.4 is 5.46 Å². The molecule has 2 aliphatic rings. The Morgan fingerprint density at radius 2 is 1.86 bits per heavy atom. The van der Waals surface area contributed by atoms with Crippen LogP contribution >= 0.6 is 11.6 Å². The maximum atomic E-state index is 13.3. The number of halogens is 1. The number of rotatable bonds is 4. The molecule has 0 spiro atoms. The van der Waals surface area contributed by atoms with Crippen LogP contribution in [-0.2, 0) is 15.7 Å². The van der Waals surface area contributed by atoms with Gasteiger partial charge >= 0.3 is 13.1 Å². The van der Waals surface area contributed by atoms with Crippen LogP contribution in [0.15, 0.2) is 36.5 Å². The highest BCUT2D eigenvalue weighted by atomic mass is 35.5. The van der Waals surface area contributed by atoms with Gasteiger partial charge in [-0.3, -0.25) is 4.57 Å². The van der Waals surface area contributed by atoms with Gasteiger partial charge in [0.15, 0.2) is 0 Å². The lowest BCUT2D eigenvalue weighted by atomic mass is 9.81. The molecule has 4 rings (SSSR count). The highest BCUT2D eigenvalue weighted by Crippen LogP contribution is 2.37. The first kappa shape index (κ1) is 20.5. The second kappa shape index (κ2) is 7.19. The number of carbonyl (C=O) groups is 1. The average molecular weight is 415 g/mol. The predicted octanol–water partition coefficient (Wildman–Crippen LogP) is 4.42. The minimum atomic E-state index is -0.464. The molecule has 1 atom stereocenters. The van der Waals surface area contributed by atoms with Crippen LogP contribution in [0.25, 0.3) is 0 Å². The Hall–Kier alpha value is -1.76. The zero-order chi connectivity index (χ0) is 21.0. The van der Waals surface area contributed by atoms with Crippen molar-refractivity contribution in [3.8, 4) is 0 Å². The number of benzene rings is 1. The molecule has 0 saturated carbocycles. The number of aromatic nitrogens is 1. The van der Waals surface area contributed by atoms with Gasteiger partial charge in [-0.25, -0.2) is 4.79 Å². The minimum absolute atomic E-state index is 0.00273. The van der Waals surface area contributed by atoms with Gasteiger partial charge in [0.05, 0.1) is 17.2 Å². The van der Waals surface area contributed by atoms with E-state index in [0.29, 0.717) is 11.6 Å². The zero-order valence-corrected chi connectivity index (χ0v) is 18.5. The number of hydrogen-bond acceptors (Lipinski definition) is 3. The Balaban J connectivity index is 1.60. The van der Waals surface area contributed by atoms with Gasteiger partial charge in [0.1, 0.15) is 0 Å². The highest BCUT2D eigenvalue weighted by Gasteiger charge is 2.52. The standard InChI is InChI=1S/C22H28BClN2O3/c1-6-19(15-8-7-9-17(24)12-15)25-11-10-18-13-16(14-26(18)20(25)27)23-28-21(2,3)22(4,5)29-23/h7-9,12-14,19H,6,10-11H2,1-5H3/t19-/m1/s1. The second-order valence-electron chi connectivity index (χ2n) is 8.93. The van der Waals surface area contributed by atoms with E-state index in [9.17, 15) is 4.79 Å². The van der Waals surface area contributed by atoms with Crippen molar-refractivity contribution in [2.45, 2.75) is 64.7 Å². The molecule has 0 bridgehead atoms. The van der Waals surface area contributed by atoms with E-state index in [4.69, 9.17) is 20.9 Å². The molecule has 1 saturated heterocycles. The van der Waals surface area contributed by atoms with E-state index < -0.39 is 18.3 Å². The molecule has 2 aromatic rings. The Kier molecular flexibility index (Phi) is 5.08. The van der Waals surface area contributed by atoms with Gasteiger partial charge in [-0.2, -0.15) is 0 Å². The fourth-order valence-corrected chi connectivity index (χ4v) is 4.32. The molecule has 7 heteroatoms. The Bertz CT molecular complexity index is 924. The first-order valence-corrected chi connectivity index (χ1v) is 10.6. The van der Waals surface area contributed by atoms with Crippen LogP contribution in [0.3, 0.4) is 0 Å². The van der Waals surface area contributed by atoms with E-state index in [1.54, 1.807) is 4.57 Å². The summed E-state index contributed by atoms with van der Waals surface area (Å²) in [5, 5.41) is 0.690. The van der Waals surface area contributed by atoms with Crippen molar-refractivity contribution in [2.24, 2.45) is 0 Å². The molecular formula is C22H28BClN2O3. The summed E-state index contributed by atoms with van der Waals surface area (Å²) in [6, 6.07) is 9.80. The number of amides is 1. The number of carbonyl (C=O) groups excluding carboxylic acids is 1. The summed E-state index contributed by atoms with van der Waals surface area (Å²) in [5.74, 6) is 0. The number of fused-ring (bicyclic) bond motifs is 1. The molecule has 0 N–H and O–H groups in total. The topological polar surface area (TPSA) is 43.7 Å². The molecule has 3 heterocycles. The van der Waals surface area contributed by atoms with E-state index in [2.05, 4.69) is 6.92 Å². The molecule has 5 nitrogen and oxygen atoms in total. The third-order valence-corrected chi connectivity index (χ3v) is 6.74. The Labute approximate surface area is 178 Å². The lowest BCUT2D eigenvalue weighted by Gasteiger charge is -2.35. The predicted molar refractivity (Wildman–Crippen MR) is 116 cm³/mol. The number of nitrogens with zero attached hydrogens (tertiary/aromatic N) is 2. The van der Waals surface area contributed by atoms with Crippen molar-refractivity contribution in [1.82, 2.24) is 9.47 Å². The molecule has 1 aromatic carbocycles. The quantitative estimate of drug-likeness (QED) is 0.696. The molecule has 29 heavy (non-hydrogen) atoms. The van der Waals surface area contributed by atoms with Gasteiger partial charge < -0.3 is 14.2 Å². The summed E-state index contributed by atoms with van der Waals surface area (Å²) in [6.07, 6.45) is 3.49. The van der Waals surface area contributed by atoms with E-state index in [1.807, 2.05) is 69.1 Å². The van der Waals surface area contributed by atoms with Gasteiger partial charge in [0.2, 0.25) is 0 Å². The first-order valence-electron chi connectivity index (χ1n) is 10.3. The maximum absolute atomic E-state index is 13.3. The van der Waals surface area contributed by atoms with E-state index in [1.165, 1.54) is 0 Å². The van der Waals surface area contributed by atoms with Crippen molar-refractivity contribution in [1.29, 1.82) is 0 Å². The molecule has 0 aliphatic carbocycles. The molecular weight excluding hydrogens is 387 g/mol. The molecule has 1 aromatic heterocycles. The van der Waals surface area contributed by atoms with Crippen molar-refractivity contribution in [2.75, 3.05) is 6.54 Å². The molecule has 1 fully saturated rings. The van der Waals surface area contributed by atoms with Gasteiger partial charge in [-0.05, 0) is 57.9 Å². The molecule has 0 radical (unpaired) electrons. The van der Waals surface area contributed by atoms with Crippen LogP contribution in [0, 0.1) is 0 Å². The Morgan fingerprint density at radius 3 is 2.48 bits per heavy atom. The van der Waals surface area contributed by atoms with Crippen LogP contribution in [0.1, 0.15) is 58.3 Å². The zero-order valence-electron chi connectivity index (χ0n) is 17.7. The fraction of sp³-hybridized carbons (Fsp3) is 0.500. The monoisotopic (exact) mass is 414 g/mol. The third-order valence-electron chi connectivity index (χ3n) is 6.50. The summed E-state index contributed by atoms with van der Waals surface area (Å²) >= 11 is 6.19. The number of hydrogen-bond donors (Lipinski definition) is 0. The van der Waals surface area contributed by atoms with Gasteiger partial charge in [-0.15, -0.1) is 0 Å². The summed E-state index contributed by atoms with van der Waals surface area (Å²) in [4.78, 5) is 15.3. The van der Waals surface area contributed by atoms with Crippen LogP contribution in [0.4, 0.5) is 4.79 Å². The minimum Gasteiger partial charge on any atom is -0.399 e. The fourth-order valence-electron chi connectivity index (χ4n) is 4.12. The summed E-state index contributed by atoms with van der Waals surface area (Å²) in [7, 11) is -0.464. The largest absolute Gasteiger partial charge is 0.496 e. The van der Waals surface area contributed by atoms with Gasteiger partial charge in [0.25, 0.3) is 0 Å². The summed E-state index contributed by atoms with van der Waals surface area (Å²) in [5.41, 5.74) is 2.14. The van der Waals surface area contributed by atoms with Crippen LogP contribution in [0.5, 0.6) is 0 Å². The summed E-state index contributed by atoms with van der Waals surface area (Å²) in [6.45, 7) is 10.9.